The standard InChI is InChI=1S/C15H27N5OS/c1-13-11-14(18-21-13)12-19-6-8-20(9-7-19)15(16-2)17-5-4-10-22-3/h11H,4-10,12H2,1-3H3,(H,16,17). The summed E-state index contributed by atoms with van der Waals surface area (Å²) in [6.45, 7) is 7.84. The topological polar surface area (TPSA) is 56.9 Å². The van der Waals surface area contributed by atoms with E-state index in [9.17, 15) is 0 Å². The van der Waals surface area contributed by atoms with Gasteiger partial charge in [0.25, 0.3) is 0 Å². The smallest absolute Gasteiger partial charge is 0.193 e. The van der Waals surface area contributed by atoms with Crippen LogP contribution in [0.2, 0.25) is 0 Å². The minimum Gasteiger partial charge on any atom is -0.361 e. The molecular weight excluding hydrogens is 298 g/mol. The number of nitrogens with zero attached hydrogens (tertiary/aromatic N) is 4. The molecule has 0 bridgehead atoms. The Balaban J connectivity index is 1.73. The van der Waals surface area contributed by atoms with Crippen LogP contribution in [0.15, 0.2) is 15.6 Å². The van der Waals surface area contributed by atoms with Gasteiger partial charge in [-0.25, -0.2) is 0 Å². The number of aliphatic imine (C=N–C) groups is 1. The predicted octanol–water partition coefficient (Wildman–Crippen LogP) is 1.43. The highest BCUT2D eigenvalue weighted by Crippen LogP contribution is 2.09. The summed E-state index contributed by atoms with van der Waals surface area (Å²) in [4.78, 5) is 9.15. The summed E-state index contributed by atoms with van der Waals surface area (Å²) in [5.74, 6) is 3.09. The fraction of sp³-hybridized carbons (Fsp3) is 0.733. The highest BCUT2D eigenvalue weighted by Gasteiger charge is 2.20. The molecule has 1 saturated heterocycles. The van der Waals surface area contributed by atoms with E-state index in [4.69, 9.17) is 4.52 Å². The van der Waals surface area contributed by atoms with Gasteiger partial charge >= 0.3 is 0 Å². The van der Waals surface area contributed by atoms with E-state index in [-0.39, 0.29) is 0 Å². The van der Waals surface area contributed by atoms with Crippen LogP contribution < -0.4 is 5.32 Å². The summed E-state index contributed by atoms with van der Waals surface area (Å²) in [5, 5.41) is 7.53. The summed E-state index contributed by atoms with van der Waals surface area (Å²) in [6, 6.07) is 2.01. The van der Waals surface area contributed by atoms with Crippen LogP contribution in [-0.4, -0.2) is 72.7 Å². The van der Waals surface area contributed by atoms with Gasteiger partial charge in [0.1, 0.15) is 5.76 Å². The maximum atomic E-state index is 5.13. The van der Waals surface area contributed by atoms with Gasteiger partial charge in [-0.1, -0.05) is 5.16 Å². The number of piperazine rings is 1. The second-order valence-electron chi connectivity index (χ2n) is 5.51. The Kier molecular flexibility index (Phi) is 7.05. The molecule has 0 saturated carbocycles. The van der Waals surface area contributed by atoms with Crippen LogP contribution in [0.5, 0.6) is 0 Å². The van der Waals surface area contributed by atoms with Crippen LogP contribution in [0.3, 0.4) is 0 Å². The lowest BCUT2D eigenvalue weighted by molar-refractivity contribution is 0.169. The van der Waals surface area contributed by atoms with Gasteiger partial charge < -0.3 is 14.7 Å². The van der Waals surface area contributed by atoms with E-state index in [1.807, 2.05) is 31.8 Å². The Bertz CT molecular complexity index is 468. The van der Waals surface area contributed by atoms with Crippen LogP contribution in [0, 0.1) is 6.92 Å². The van der Waals surface area contributed by atoms with Crippen LogP contribution in [0.4, 0.5) is 0 Å². The van der Waals surface area contributed by atoms with E-state index >= 15 is 0 Å². The van der Waals surface area contributed by atoms with E-state index in [1.54, 1.807) is 0 Å². The van der Waals surface area contributed by atoms with E-state index < -0.39 is 0 Å². The average molecular weight is 325 g/mol. The largest absolute Gasteiger partial charge is 0.361 e. The second kappa shape index (κ2) is 9.05. The van der Waals surface area contributed by atoms with Crippen molar-refractivity contribution in [3.05, 3.63) is 17.5 Å². The normalized spacial score (nSPS) is 17.0. The molecule has 6 nitrogen and oxygen atoms in total. The van der Waals surface area contributed by atoms with Gasteiger partial charge in [-0.2, -0.15) is 11.8 Å². The SMILES string of the molecule is CN=C(NCCCSC)N1CCN(Cc2cc(C)on2)CC1. The van der Waals surface area contributed by atoms with E-state index in [0.29, 0.717) is 0 Å². The third-order valence-electron chi connectivity index (χ3n) is 3.75. The Morgan fingerprint density at radius 1 is 1.41 bits per heavy atom. The molecule has 1 aliphatic rings. The molecule has 1 aromatic rings. The monoisotopic (exact) mass is 325 g/mol. The first kappa shape index (κ1) is 17.1. The molecule has 1 aliphatic heterocycles. The van der Waals surface area contributed by atoms with Crippen molar-refractivity contribution < 1.29 is 4.52 Å². The molecule has 0 aromatic carbocycles. The van der Waals surface area contributed by atoms with Crippen LogP contribution in [0.1, 0.15) is 17.9 Å². The highest BCUT2D eigenvalue weighted by atomic mass is 32.2. The minimum absolute atomic E-state index is 0.866. The third-order valence-corrected chi connectivity index (χ3v) is 4.45. The first-order chi connectivity index (χ1) is 10.7. The maximum absolute atomic E-state index is 5.13. The lowest BCUT2D eigenvalue weighted by atomic mass is 10.3. The molecule has 0 unspecified atom stereocenters. The summed E-state index contributed by atoms with van der Waals surface area (Å²) < 4.78 is 5.13. The molecule has 0 aliphatic carbocycles. The molecular formula is C15H27N5OS. The fourth-order valence-corrected chi connectivity index (χ4v) is 3.02. The molecule has 2 heterocycles. The summed E-state index contributed by atoms with van der Waals surface area (Å²) in [7, 11) is 1.86. The Hall–Kier alpha value is -1.21. The predicted molar refractivity (Wildman–Crippen MR) is 92.5 cm³/mol. The number of hydrogen-bond donors (Lipinski definition) is 1. The van der Waals surface area contributed by atoms with Crippen LogP contribution >= 0.6 is 11.8 Å². The van der Waals surface area contributed by atoms with Crippen molar-refractivity contribution in [2.45, 2.75) is 19.9 Å². The second-order valence-corrected chi connectivity index (χ2v) is 6.50. The molecule has 0 atom stereocenters. The Morgan fingerprint density at radius 2 is 2.18 bits per heavy atom. The van der Waals surface area contributed by atoms with Crippen LogP contribution in [0.25, 0.3) is 0 Å². The van der Waals surface area contributed by atoms with Gasteiger partial charge in [0.15, 0.2) is 5.96 Å². The van der Waals surface area contributed by atoms with Gasteiger partial charge in [0, 0.05) is 52.4 Å². The van der Waals surface area contributed by atoms with Crippen molar-refractivity contribution in [1.29, 1.82) is 0 Å². The van der Waals surface area contributed by atoms with Crippen molar-refractivity contribution in [2.75, 3.05) is 51.8 Å². The van der Waals surface area contributed by atoms with Crippen LogP contribution in [-0.2, 0) is 6.54 Å². The van der Waals surface area contributed by atoms with Crippen molar-refractivity contribution >= 4 is 17.7 Å². The van der Waals surface area contributed by atoms with E-state index in [1.165, 1.54) is 12.2 Å². The molecule has 7 heteroatoms. The van der Waals surface area contributed by atoms with Gasteiger partial charge in [-0.05, 0) is 25.4 Å². The zero-order valence-electron chi connectivity index (χ0n) is 13.8. The number of aryl methyl sites for hydroxylation is 1. The number of aromatic nitrogens is 1. The molecule has 0 radical (unpaired) electrons. The van der Waals surface area contributed by atoms with E-state index in [0.717, 1.165) is 56.7 Å². The van der Waals surface area contributed by atoms with Gasteiger partial charge in [0.2, 0.25) is 0 Å². The summed E-state index contributed by atoms with van der Waals surface area (Å²) >= 11 is 1.89. The number of hydrogen-bond acceptors (Lipinski definition) is 5. The zero-order valence-corrected chi connectivity index (χ0v) is 14.7. The highest BCUT2D eigenvalue weighted by molar-refractivity contribution is 7.98. The first-order valence-corrected chi connectivity index (χ1v) is 9.21. The lowest BCUT2D eigenvalue weighted by Crippen LogP contribution is -2.52. The lowest BCUT2D eigenvalue weighted by Gasteiger charge is -2.36. The average Bonchev–Trinajstić information content (AvgIpc) is 2.94. The van der Waals surface area contributed by atoms with Crippen molar-refractivity contribution in [2.24, 2.45) is 4.99 Å². The van der Waals surface area contributed by atoms with Gasteiger partial charge in [-0.3, -0.25) is 9.89 Å². The van der Waals surface area contributed by atoms with Gasteiger partial charge in [0.05, 0.1) is 5.69 Å². The number of guanidine groups is 1. The minimum atomic E-state index is 0.866. The van der Waals surface area contributed by atoms with Crippen molar-refractivity contribution in [3.63, 3.8) is 0 Å². The summed E-state index contributed by atoms with van der Waals surface area (Å²) in [5.41, 5.74) is 1.02. The third kappa shape index (κ3) is 5.21. The van der Waals surface area contributed by atoms with Crippen molar-refractivity contribution in [1.82, 2.24) is 20.3 Å². The number of nitrogens with one attached hydrogen (secondary N) is 1. The Labute approximate surface area is 137 Å². The maximum Gasteiger partial charge on any atom is 0.193 e. The molecule has 124 valence electrons. The Morgan fingerprint density at radius 3 is 2.77 bits per heavy atom. The molecule has 1 N–H and O–H groups in total. The summed E-state index contributed by atoms with van der Waals surface area (Å²) in [6.07, 6.45) is 3.32. The number of rotatable bonds is 6. The molecule has 0 spiro atoms. The first-order valence-electron chi connectivity index (χ1n) is 7.82. The zero-order chi connectivity index (χ0) is 15.8. The molecule has 22 heavy (non-hydrogen) atoms. The quantitative estimate of drug-likeness (QED) is 0.485. The van der Waals surface area contributed by atoms with Crippen molar-refractivity contribution in [3.8, 4) is 0 Å². The van der Waals surface area contributed by atoms with Gasteiger partial charge in [-0.15, -0.1) is 0 Å². The molecule has 1 fully saturated rings. The molecule has 0 amide bonds. The molecule has 2 rings (SSSR count). The molecule has 1 aromatic heterocycles. The van der Waals surface area contributed by atoms with E-state index in [2.05, 4.69) is 31.5 Å². The number of thioether (sulfide) groups is 1. The fourth-order valence-electron chi connectivity index (χ4n) is 2.59.